The van der Waals surface area contributed by atoms with Gasteiger partial charge in [0.25, 0.3) is 0 Å². The van der Waals surface area contributed by atoms with Crippen molar-refractivity contribution in [2.45, 2.75) is 53.9 Å². The summed E-state index contributed by atoms with van der Waals surface area (Å²) >= 11 is 0. The molecule has 1 aliphatic rings. The van der Waals surface area contributed by atoms with Crippen molar-refractivity contribution in [3.8, 4) is 0 Å². The van der Waals surface area contributed by atoms with E-state index in [1.54, 1.807) is 11.9 Å². The van der Waals surface area contributed by atoms with Crippen molar-refractivity contribution in [3.63, 3.8) is 0 Å². The van der Waals surface area contributed by atoms with Gasteiger partial charge in [0.1, 0.15) is 0 Å². The molecule has 0 spiro atoms. The topological polar surface area (TPSA) is 57.6 Å². The predicted molar refractivity (Wildman–Crippen MR) is 92.8 cm³/mol. The minimum atomic E-state index is -0.825. The maximum Gasteiger partial charge on any atom is 0.307 e. The van der Waals surface area contributed by atoms with Crippen LogP contribution in [0.25, 0.3) is 0 Å². The lowest BCUT2D eigenvalue weighted by atomic mass is 10.1. The predicted octanol–water partition coefficient (Wildman–Crippen LogP) is 4.19. The molecule has 0 aromatic carbocycles. The average molecular weight is 309 g/mol. The van der Waals surface area contributed by atoms with E-state index >= 15 is 0 Å². The van der Waals surface area contributed by atoms with Crippen LogP contribution in [-0.4, -0.2) is 35.5 Å². The summed E-state index contributed by atoms with van der Waals surface area (Å²) in [5.41, 5.74) is 1.82. The van der Waals surface area contributed by atoms with Gasteiger partial charge in [-0.3, -0.25) is 9.59 Å². The molecule has 0 fully saturated rings. The maximum absolute atomic E-state index is 11.5. The summed E-state index contributed by atoms with van der Waals surface area (Å²) in [7, 11) is 1.76. The van der Waals surface area contributed by atoms with Gasteiger partial charge >= 0.3 is 5.97 Å². The van der Waals surface area contributed by atoms with E-state index in [2.05, 4.69) is 0 Å². The second-order valence-electron chi connectivity index (χ2n) is 4.35. The Hall–Kier alpha value is -1.84. The molecule has 0 unspecified atom stereocenters. The molecule has 4 nitrogen and oxygen atoms in total. The molecular weight excluding hydrogens is 278 g/mol. The summed E-state index contributed by atoms with van der Waals surface area (Å²) in [6, 6.07) is 0. The number of rotatable bonds is 5. The van der Waals surface area contributed by atoms with Crippen LogP contribution in [0, 0.1) is 0 Å². The highest BCUT2D eigenvalue weighted by Crippen LogP contribution is 2.16. The minimum Gasteiger partial charge on any atom is -0.481 e. The highest BCUT2D eigenvalue weighted by molar-refractivity contribution is 5.76. The number of likely N-dealkylation sites (N-methyl/N-ethyl adjacent to an activating group) is 1. The van der Waals surface area contributed by atoms with Crippen LogP contribution in [0.2, 0.25) is 0 Å². The third-order valence-electron chi connectivity index (χ3n) is 2.74. The lowest BCUT2D eigenvalue weighted by molar-refractivity contribution is -0.136. The van der Waals surface area contributed by atoms with Crippen molar-refractivity contribution in [1.82, 2.24) is 4.90 Å². The molecule has 0 aliphatic heterocycles. The summed E-state index contributed by atoms with van der Waals surface area (Å²) in [6.07, 6.45) is 8.83. The van der Waals surface area contributed by atoms with Gasteiger partial charge in [0.2, 0.25) is 5.91 Å². The zero-order chi connectivity index (χ0) is 17.5. The molecule has 0 aromatic rings. The lowest BCUT2D eigenvalue weighted by Crippen LogP contribution is -2.27. The largest absolute Gasteiger partial charge is 0.481 e. The average Bonchev–Trinajstić information content (AvgIpc) is 2.74. The Balaban J connectivity index is 0. The van der Waals surface area contributed by atoms with E-state index in [9.17, 15) is 9.59 Å². The molecular formula is C18H31NO3. The van der Waals surface area contributed by atoms with Gasteiger partial charge in [-0.1, -0.05) is 64.5 Å². The Morgan fingerprint density at radius 1 is 1.23 bits per heavy atom. The number of hydrogen-bond acceptors (Lipinski definition) is 2. The number of carbonyl (C=O) groups is 2. The molecule has 0 atom stereocenters. The van der Waals surface area contributed by atoms with Gasteiger partial charge in [0, 0.05) is 20.0 Å². The molecule has 0 radical (unpaired) electrons. The SMILES string of the molecule is CC.CC.CCC(=O)N(C)CC1=CC=CCC(CC(=O)O)=C1. The van der Waals surface area contributed by atoms with Crippen LogP contribution in [0.3, 0.4) is 0 Å². The number of nitrogens with zero attached hydrogens (tertiary/aromatic N) is 1. The highest BCUT2D eigenvalue weighted by atomic mass is 16.4. The third-order valence-corrected chi connectivity index (χ3v) is 2.74. The standard InChI is InChI=1S/C14H19NO3.2C2H6/c1-3-13(16)15(2)10-12-7-5-4-6-11(8-12)9-14(17)18;2*1-2/h4-5,7-8H,3,6,9-10H2,1-2H3,(H,17,18);2*1-2H3. The van der Waals surface area contributed by atoms with Crippen molar-refractivity contribution in [3.05, 3.63) is 35.5 Å². The molecule has 0 bridgehead atoms. The fourth-order valence-corrected chi connectivity index (χ4v) is 1.83. The quantitative estimate of drug-likeness (QED) is 0.828. The maximum atomic E-state index is 11.5. The van der Waals surface area contributed by atoms with E-state index in [4.69, 9.17) is 5.11 Å². The first-order valence-electron chi connectivity index (χ1n) is 8.03. The number of amides is 1. The summed E-state index contributed by atoms with van der Waals surface area (Å²) in [6.45, 7) is 10.3. The summed E-state index contributed by atoms with van der Waals surface area (Å²) in [5, 5.41) is 8.80. The summed E-state index contributed by atoms with van der Waals surface area (Å²) in [5.74, 6) is -0.744. The van der Waals surface area contributed by atoms with Crippen LogP contribution >= 0.6 is 0 Å². The van der Waals surface area contributed by atoms with Crippen molar-refractivity contribution in [2.75, 3.05) is 13.6 Å². The highest BCUT2D eigenvalue weighted by Gasteiger charge is 2.10. The van der Waals surface area contributed by atoms with E-state index in [-0.39, 0.29) is 12.3 Å². The molecule has 0 saturated heterocycles. The van der Waals surface area contributed by atoms with Crippen molar-refractivity contribution >= 4 is 11.9 Å². The monoisotopic (exact) mass is 309 g/mol. The van der Waals surface area contributed by atoms with Crippen LogP contribution < -0.4 is 0 Å². The zero-order valence-electron chi connectivity index (χ0n) is 14.8. The third kappa shape index (κ3) is 9.97. The Morgan fingerprint density at radius 2 is 1.82 bits per heavy atom. The molecule has 22 heavy (non-hydrogen) atoms. The van der Waals surface area contributed by atoms with Crippen molar-refractivity contribution in [1.29, 1.82) is 0 Å². The van der Waals surface area contributed by atoms with E-state index in [1.165, 1.54) is 0 Å². The number of carboxylic acids is 1. The van der Waals surface area contributed by atoms with Crippen LogP contribution in [0.4, 0.5) is 0 Å². The molecule has 1 rings (SSSR count). The molecule has 1 N–H and O–H groups in total. The van der Waals surface area contributed by atoms with E-state index < -0.39 is 5.97 Å². The van der Waals surface area contributed by atoms with Gasteiger partial charge in [0.05, 0.1) is 6.42 Å². The second kappa shape index (κ2) is 14.1. The molecule has 0 saturated carbocycles. The first kappa shape index (κ1) is 22.4. The number of carbonyl (C=O) groups excluding carboxylic acids is 1. The molecule has 1 amide bonds. The molecule has 4 heteroatoms. The van der Waals surface area contributed by atoms with Gasteiger partial charge in [-0.15, -0.1) is 0 Å². The van der Waals surface area contributed by atoms with Crippen molar-refractivity contribution in [2.24, 2.45) is 0 Å². The Kier molecular flexibility index (Phi) is 14.4. The van der Waals surface area contributed by atoms with Crippen molar-refractivity contribution < 1.29 is 14.7 Å². The number of aliphatic carboxylic acids is 1. The smallest absolute Gasteiger partial charge is 0.307 e. The van der Waals surface area contributed by atoms with Gasteiger partial charge < -0.3 is 10.0 Å². The lowest BCUT2D eigenvalue weighted by Gasteiger charge is -2.17. The number of allylic oxidation sites excluding steroid dienone is 3. The van der Waals surface area contributed by atoms with Gasteiger partial charge in [-0.05, 0) is 12.0 Å². The Bertz CT molecular complexity index is 420. The fourth-order valence-electron chi connectivity index (χ4n) is 1.83. The first-order valence-corrected chi connectivity index (χ1v) is 8.03. The molecule has 0 aromatic heterocycles. The van der Waals surface area contributed by atoms with E-state index in [0.717, 1.165) is 11.1 Å². The van der Waals surface area contributed by atoms with E-state index in [0.29, 0.717) is 19.4 Å². The normalized spacial score (nSPS) is 12.5. The first-order chi connectivity index (χ1) is 10.5. The van der Waals surface area contributed by atoms with Gasteiger partial charge in [0.15, 0.2) is 0 Å². The van der Waals surface area contributed by atoms with Gasteiger partial charge in [-0.25, -0.2) is 0 Å². The summed E-state index contributed by atoms with van der Waals surface area (Å²) in [4.78, 5) is 23.9. The number of carboxylic acid groups (broad SMARTS) is 1. The number of hydrogen-bond donors (Lipinski definition) is 1. The molecule has 126 valence electrons. The second-order valence-corrected chi connectivity index (χ2v) is 4.35. The minimum absolute atomic E-state index is 0.0487. The molecule has 1 aliphatic carbocycles. The van der Waals surface area contributed by atoms with Gasteiger partial charge in [-0.2, -0.15) is 0 Å². The van der Waals surface area contributed by atoms with Crippen LogP contribution in [0.1, 0.15) is 53.9 Å². The Morgan fingerprint density at radius 3 is 2.32 bits per heavy atom. The van der Waals surface area contributed by atoms with Crippen LogP contribution in [0.5, 0.6) is 0 Å². The Labute approximate surface area is 135 Å². The van der Waals surface area contributed by atoms with Crippen LogP contribution in [0.15, 0.2) is 35.5 Å². The zero-order valence-corrected chi connectivity index (χ0v) is 14.8. The molecule has 0 heterocycles. The fraction of sp³-hybridized carbons (Fsp3) is 0.556. The van der Waals surface area contributed by atoms with E-state index in [1.807, 2.05) is 58.9 Å². The summed E-state index contributed by atoms with van der Waals surface area (Å²) < 4.78 is 0. The van der Waals surface area contributed by atoms with Crippen LogP contribution in [-0.2, 0) is 9.59 Å².